The molecule has 1 N–H and O–H groups in total. The maximum absolute atomic E-state index is 5.89. The van der Waals surface area contributed by atoms with Gasteiger partial charge in [0.2, 0.25) is 0 Å². The first-order valence-electron chi connectivity index (χ1n) is 7.83. The molecule has 0 amide bonds. The zero-order chi connectivity index (χ0) is 15.2. The summed E-state index contributed by atoms with van der Waals surface area (Å²) in [6.07, 6.45) is 1.91. The monoisotopic (exact) mass is 356 g/mol. The molecule has 1 fully saturated rings. The van der Waals surface area contributed by atoms with Crippen molar-refractivity contribution >= 4 is 21.7 Å². The number of likely N-dealkylation sites (N-methyl/N-ethyl adjacent to an activating group) is 1. The van der Waals surface area contributed by atoms with Crippen LogP contribution in [0.2, 0.25) is 0 Å². The predicted molar refractivity (Wildman–Crippen MR) is 88.7 cm³/mol. The summed E-state index contributed by atoms with van der Waals surface area (Å²) in [6.45, 7) is 11.0. The molecule has 0 bridgehead atoms. The predicted octanol–water partition coefficient (Wildman–Crippen LogP) is 3.02. The summed E-state index contributed by atoms with van der Waals surface area (Å²) in [4.78, 5) is 11.8. The molecule has 0 spiro atoms. The van der Waals surface area contributed by atoms with Gasteiger partial charge in [0.05, 0.1) is 16.8 Å². The van der Waals surface area contributed by atoms with Gasteiger partial charge in [0.15, 0.2) is 5.82 Å². The van der Waals surface area contributed by atoms with E-state index in [4.69, 9.17) is 14.7 Å². The van der Waals surface area contributed by atoms with Gasteiger partial charge in [0, 0.05) is 19.6 Å². The third-order valence-electron chi connectivity index (χ3n) is 3.70. The van der Waals surface area contributed by atoms with Crippen molar-refractivity contribution in [3.8, 4) is 0 Å². The summed E-state index contributed by atoms with van der Waals surface area (Å²) in [5.41, 5.74) is 1.04. The van der Waals surface area contributed by atoms with E-state index in [1.165, 1.54) is 0 Å². The van der Waals surface area contributed by atoms with Crippen LogP contribution in [0.5, 0.6) is 0 Å². The second-order valence-electron chi connectivity index (χ2n) is 5.22. The molecule has 0 aromatic carbocycles. The largest absolute Gasteiger partial charge is 0.369 e. The van der Waals surface area contributed by atoms with Gasteiger partial charge in [-0.1, -0.05) is 20.8 Å². The molecule has 1 saturated heterocycles. The van der Waals surface area contributed by atoms with Crippen LogP contribution in [0.1, 0.15) is 44.8 Å². The fourth-order valence-electron chi connectivity index (χ4n) is 2.40. The molecule has 1 aromatic heterocycles. The molecule has 1 aromatic rings. The summed E-state index contributed by atoms with van der Waals surface area (Å²) in [5, 5.41) is 3.37. The first-order valence-corrected chi connectivity index (χ1v) is 8.62. The van der Waals surface area contributed by atoms with Gasteiger partial charge in [-0.15, -0.1) is 0 Å². The molecule has 1 aliphatic rings. The molecule has 1 unspecified atom stereocenters. The zero-order valence-corrected chi connectivity index (χ0v) is 14.7. The fraction of sp³-hybridized carbons (Fsp3) is 0.733. The summed E-state index contributed by atoms with van der Waals surface area (Å²) in [5.74, 6) is 1.68. The lowest BCUT2D eigenvalue weighted by atomic mass is 10.2. The van der Waals surface area contributed by atoms with Crippen LogP contribution in [-0.4, -0.2) is 47.7 Å². The van der Waals surface area contributed by atoms with E-state index in [9.17, 15) is 0 Å². The molecule has 5 nitrogen and oxygen atoms in total. The molecular formula is C15H25BrN4O. The molecule has 0 aliphatic carbocycles. The second-order valence-corrected chi connectivity index (χ2v) is 6.02. The summed E-state index contributed by atoms with van der Waals surface area (Å²) in [7, 11) is 0. The number of aromatic nitrogens is 2. The molecule has 2 rings (SSSR count). The number of anilines is 1. The van der Waals surface area contributed by atoms with E-state index >= 15 is 0 Å². The van der Waals surface area contributed by atoms with E-state index in [-0.39, 0.29) is 6.10 Å². The minimum Gasteiger partial charge on any atom is -0.369 e. The van der Waals surface area contributed by atoms with E-state index in [1.54, 1.807) is 0 Å². The van der Waals surface area contributed by atoms with Crippen LogP contribution in [0.15, 0.2) is 4.47 Å². The SMILES string of the molecule is CCCNc1nc(C2CN(CC)CCO2)nc(CC)c1Br. The minimum atomic E-state index is -0.0284. The molecule has 1 atom stereocenters. The van der Waals surface area contributed by atoms with E-state index in [1.807, 2.05) is 0 Å². The Balaban J connectivity index is 2.25. The Morgan fingerprint density at radius 2 is 2.14 bits per heavy atom. The molecule has 0 radical (unpaired) electrons. The molecule has 118 valence electrons. The highest BCUT2D eigenvalue weighted by Gasteiger charge is 2.25. The van der Waals surface area contributed by atoms with Crippen molar-refractivity contribution in [2.75, 3.05) is 38.1 Å². The molecule has 1 aliphatic heterocycles. The fourth-order valence-corrected chi connectivity index (χ4v) is 3.00. The summed E-state index contributed by atoms with van der Waals surface area (Å²) >= 11 is 3.62. The summed E-state index contributed by atoms with van der Waals surface area (Å²) in [6, 6.07) is 0. The van der Waals surface area contributed by atoms with Gasteiger partial charge >= 0.3 is 0 Å². The smallest absolute Gasteiger partial charge is 0.161 e. The van der Waals surface area contributed by atoms with Crippen LogP contribution in [-0.2, 0) is 11.2 Å². The quantitative estimate of drug-likeness (QED) is 0.848. The van der Waals surface area contributed by atoms with Crippen molar-refractivity contribution < 1.29 is 4.74 Å². The van der Waals surface area contributed by atoms with Crippen molar-refractivity contribution in [2.45, 2.75) is 39.7 Å². The van der Waals surface area contributed by atoms with Crippen LogP contribution in [0, 0.1) is 0 Å². The van der Waals surface area contributed by atoms with E-state index in [0.29, 0.717) is 0 Å². The van der Waals surface area contributed by atoms with Gasteiger partial charge in [0.25, 0.3) is 0 Å². The molecular weight excluding hydrogens is 332 g/mol. The highest BCUT2D eigenvalue weighted by molar-refractivity contribution is 9.10. The molecule has 2 heterocycles. The highest BCUT2D eigenvalue weighted by Crippen LogP contribution is 2.28. The van der Waals surface area contributed by atoms with Crippen molar-refractivity contribution in [1.29, 1.82) is 0 Å². The van der Waals surface area contributed by atoms with Crippen LogP contribution in [0.25, 0.3) is 0 Å². The highest BCUT2D eigenvalue weighted by atomic mass is 79.9. The number of nitrogens with zero attached hydrogens (tertiary/aromatic N) is 3. The number of nitrogens with one attached hydrogen (secondary N) is 1. The van der Waals surface area contributed by atoms with Gasteiger partial charge in [-0.25, -0.2) is 9.97 Å². The number of hydrogen-bond donors (Lipinski definition) is 1. The van der Waals surface area contributed by atoms with Crippen LogP contribution in [0.4, 0.5) is 5.82 Å². The Hall–Kier alpha value is -0.720. The third kappa shape index (κ3) is 4.14. The molecule has 21 heavy (non-hydrogen) atoms. The number of halogens is 1. The lowest BCUT2D eigenvalue weighted by Crippen LogP contribution is -2.38. The lowest BCUT2D eigenvalue weighted by molar-refractivity contribution is -0.0326. The van der Waals surface area contributed by atoms with Crippen molar-refractivity contribution in [3.63, 3.8) is 0 Å². The maximum Gasteiger partial charge on any atom is 0.161 e. The number of ether oxygens (including phenoxy) is 1. The van der Waals surface area contributed by atoms with Crippen LogP contribution < -0.4 is 5.32 Å². The zero-order valence-electron chi connectivity index (χ0n) is 13.2. The lowest BCUT2D eigenvalue weighted by Gasteiger charge is -2.31. The Morgan fingerprint density at radius 3 is 2.81 bits per heavy atom. The average Bonchev–Trinajstić information content (AvgIpc) is 2.54. The van der Waals surface area contributed by atoms with Crippen LogP contribution in [0.3, 0.4) is 0 Å². The Kier molecular flexibility index (Phi) is 6.39. The first-order chi connectivity index (χ1) is 10.2. The van der Waals surface area contributed by atoms with E-state index < -0.39 is 0 Å². The normalized spacial score (nSPS) is 19.7. The van der Waals surface area contributed by atoms with E-state index in [0.717, 1.165) is 67.4 Å². The molecule has 6 heteroatoms. The standard InChI is InChI=1S/C15H25BrN4O/c1-4-7-17-15-13(16)11(5-2)18-14(19-15)12-10-20(6-3)8-9-21-12/h12H,4-10H2,1-3H3,(H,17,18,19). The molecule has 0 saturated carbocycles. The van der Waals surface area contributed by atoms with Crippen molar-refractivity contribution in [1.82, 2.24) is 14.9 Å². The second kappa shape index (κ2) is 8.06. The number of hydrogen-bond acceptors (Lipinski definition) is 5. The van der Waals surface area contributed by atoms with Gasteiger partial charge in [-0.3, -0.25) is 4.90 Å². The van der Waals surface area contributed by atoms with Gasteiger partial charge in [-0.05, 0) is 35.3 Å². The Morgan fingerprint density at radius 1 is 1.33 bits per heavy atom. The van der Waals surface area contributed by atoms with Gasteiger partial charge in [-0.2, -0.15) is 0 Å². The third-order valence-corrected chi connectivity index (χ3v) is 4.53. The summed E-state index contributed by atoms with van der Waals surface area (Å²) < 4.78 is 6.86. The first kappa shape index (κ1) is 16.6. The average molecular weight is 357 g/mol. The van der Waals surface area contributed by atoms with Gasteiger partial charge < -0.3 is 10.1 Å². The van der Waals surface area contributed by atoms with Gasteiger partial charge in [0.1, 0.15) is 11.9 Å². The Bertz CT molecular complexity index is 469. The van der Waals surface area contributed by atoms with Crippen molar-refractivity contribution in [2.24, 2.45) is 0 Å². The number of rotatable bonds is 6. The maximum atomic E-state index is 5.89. The number of aryl methyl sites for hydroxylation is 1. The van der Waals surface area contributed by atoms with Crippen LogP contribution >= 0.6 is 15.9 Å². The number of morpholine rings is 1. The topological polar surface area (TPSA) is 50.3 Å². The Labute approximate surface area is 135 Å². The minimum absolute atomic E-state index is 0.0284. The van der Waals surface area contributed by atoms with Crippen molar-refractivity contribution in [3.05, 3.63) is 16.0 Å². The van der Waals surface area contributed by atoms with E-state index in [2.05, 4.69) is 46.9 Å².